The number of carbonyl (C=O) groups excluding carboxylic acids is 3. The van der Waals surface area contributed by atoms with Crippen LogP contribution in [0.1, 0.15) is 52.9 Å². The van der Waals surface area contributed by atoms with Gasteiger partial charge >= 0.3 is 11.9 Å². The molecule has 20 heavy (non-hydrogen) atoms. The van der Waals surface area contributed by atoms with E-state index in [4.69, 9.17) is 9.47 Å². The SMILES string of the molecule is CCOC(=O)C[C@H](C)[C@@]1(C(=O)OCC)CCCCC1=O. The number of ketones is 1. The molecule has 0 heterocycles. The molecule has 0 aromatic carbocycles. The molecule has 0 radical (unpaired) electrons. The second-order valence-electron chi connectivity index (χ2n) is 5.23. The van der Waals surface area contributed by atoms with E-state index in [0.29, 0.717) is 19.4 Å². The second-order valence-corrected chi connectivity index (χ2v) is 5.23. The van der Waals surface area contributed by atoms with Gasteiger partial charge in [0.25, 0.3) is 0 Å². The molecule has 2 atom stereocenters. The number of hydrogen-bond acceptors (Lipinski definition) is 5. The minimum atomic E-state index is -1.17. The van der Waals surface area contributed by atoms with Gasteiger partial charge in [-0.25, -0.2) is 0 Å². The van der Waals surface area contributed by atoms with E-state index in [1.807, 2.05) is 0 Å². The summed E-state index contributed by atoms with van der Waals surface area (Å²) in [6, 6.07) is 0. The molecule has 1 fully saturated rings. The lowest BCUT2D eigenvalue weighted by atomic mass is 9.64. The Bertz CT molecular complexity index is 376. The standard InChI is InChI=1S/C15H24O5/c1-4-19-13(17)10-11(3)15(14(18)20-5-2)9-7-6-8-12(15)16/h11H,4-10H2,1-3H3/t11-,15-/m0/s1. The fraction of sp³-hybridized carbons (Fsp3) is 0.800. The first-order valence-corrected chi connectivity index (χ1v) is 7.35. The number of ether oxygens (including phenoxy) is 2. The molecule has 114 valence electrons. The van der Waals surface area contributed by atoms with Crippen LogP contribution in [0.2, 0.25) is 0 Å². The third-order valence-corrected chi connectivity index (χ3v) is 3.98. The van der Waals surface area contributed by atoms with Crippen molar-refractivity contribution in [1.29, 1.82) is 0 Å². The number of rotatable bonds is 6. The van der Waals surface area contributed by atoms with Crippen molar-refractivity contribution in [2.24, 2.45) is 11.3 Å². The molecule has 1 saturated carbocycles. The van der Waals surface area contributed by atoms with Crippen LogP contribution in [0, 0.1) is 11.3 Å². The third kappa shape index (κ3) is 3.38. The zero-order valence-electron chi connectivity index (χ0n) is 12.6. The van der Waals surface area contributed by atoms with Gasteiger partial charge in [-0.15, -0.1) is 0 Å². The van der Waals surface area contributed by atoms with Crippen LogP contribution in [0.4, 0.5) is 0 Å². The van der Waals surface area contributed by atoms with Crippen molar-refractivity contribution in [3.8, 4) is 0 Å². The molecule has 0 aromatic rings. The Morgan fingerprint density at radius 2 is 1.85 bits per heavy atom. The minimum Gasteiger partial charge on any atom is -0.466 e. The third-order valence-electron chi connectivity index (χ3n) is 3.98. The molecule has 1 rings (SSSR count). The smallest absolute Gasteiger partial charge is 0.319 e. The molecule has 0 saturated heterocycles. The van der Waals surface area contributed by atoms with Gasteiger partial charge in [0.2, 0.25) is 0 Å². The van der Waals surface area contributed by atoms with E-state index in [2.05, 4.69) is 0 Å². The number of hydrogen-bond donors (Lipinski definition) is 0. The van der Waals surface area contributed by atoms with E-state index in [1.165, 1.54) is 0 Å². The summed E-state index contributed by atoms with van der Waals surface area (Å²) in [6.45, 7) is 5.74. The van der Waals surface area contributed by atoms with Gasteiger partial charge in [0.15, 0.2) is 0 Å². The Hall–Kier alpha value is -1.39. The van der Waals surface area contributed by atoms with Crippen LogP contribution >= 0.6 is 0 Å². The average molecular weight is 284 g/mol. The van der Waals surface area contributed by atoms with E-state index in [0.717, 1.165) is 12.8 Å². The van der Waals surface area contributed by atoms with Gasteiger partial charge in [-0.3, -0.25) is 14.4 Å². The fourth-order valence-corrected chi connectivity index (χ4v) is 2.89. The maximum Gasteiger partial charge on any atom is 0.319 e. The lowest BCUT2D eigenvalue weighted by Crippen LogP contribution is -2.48. The molecule has 0 spiro atoms. The summed E-state index contributed by atoms with van der Waals surface area (Å²) in [7, 11) is 0. The first-order valence-electron chi connectivity index (χ1n) is 7.35. The molecule has 0 amide bonds. The number of carbonyl (C=O) groups is 3. The van der Waals surface area contributed by atoms with Crippen molar-refractivity contribution in [2.45, 2.75) is 52.9 Å². The van der Waals surface area contributed by atoms with Crippen molar-refractivity contribution in [3.05, 3.63) is 0 Å². The minimum absolute atomic E-state index is 0.0679. The Morgan fingerprint density at radius 3 is 2.40 bits per heavy atom. The zero-order valence-corrected chi connectivity index (χ0v) is 12.6. The Labute approximate surface area is 120 Å². The molecule has 5 nitrogen and oxygen atoms in total. The maximum absolute atomic E-state index is 12.4. The summed E-state index contributed by atoms with van der Waals surface area (Å²) in [6.07, 6.45) is 2.51. The molecular weight excluding hydrogens is 260 g/mol. The Morgan fingerprint density at radius 1 is 1.20 bits per heavy atom. The second kappa shape index (κ2) is 7.41. The molecule has 0 aromatic heterocycles. The van der Waals surface area contributed by atoms with E-state index in [-0.39, 0.29) is 24.8 Å². The van der Waals surface area contributed by atoms with Crippen LogP contribution in [0.15, 0.2) is 0 Å². The van der Waals surface area contributed by atoms with Crippen molar-refractivity contribution in [1.82, 2.24) is 0 Å². The number of esters is 2. The van der Waals surface area contributed by atoms with Crippen molar-refractivity contribution < 1.29 is 23.9 Å². The molecule has 1 aliphatic rings. The normalized spacial score (nSPS) is 24.1. The van der Waals surface area contributed by atoms with Gasteiger partial charge in [0, 0.05) is 12.8 Å². The van der Waals surface area contributed by atoms with E-state index in [9.17, 15) is 14.4 Å². The molecule has 0 bridgehead atoms. The van der Waals surface area contributed by atoms with Gasteiger partial charge in [-0.2, -0.15) is 0 Å². The van der Waals surface area contributed by atoms with Crippen molar-refractivity contribution >= 4 is 17.7 Å². The van der Waals surface area contributed by atoms with Gasteiger partial charge in [-0.1, -0.05) is 13.3 Å². The van der Waals surface area contributed by atoms with Crippen LogP contribution in [0.3, 0.4) is 0 Å². The fourth-order valence-electron chi connectivity index (χ4n) is 2.89. The monoisotopic (exact) mass is 284 g/mol. The molecule has 5 heteroatoms. The maximum atomic E-state index is 12.4. The van der Waals surface area contributed by atoms with Crippen LogP contribution in [-0.4, -0.2) is 30.9 Å². The van der Waals surface area contributed by atoms with E-state index in [1.54, 1.807) is 20.8 Å². The highest BCUT2D eigenvalue weighted by Gasteiger charge is 2.52. The lowest BCUT2D eigenvalue weighted by Gasteiger charge is -2.37. The van der Waals surface area contributed by atoms with Crippen LogP contribution in [0.5, 0.6) is 0 Å². The summed E-state index contributed by atoms with van der Waals surface area (Å²) in [5, 5.41) is 0. The van der Waals surface area contributed by atoms with Crippen LogP contribution < -0.4 is 0 Å². The summed E-state index contributed by atoms with van der Waals surface area (Å²) in [4.78, 5) is 36.3. The molecule has 1 aliphatic carbocycles. The topological polar surface area (TPSA) is 69.7 Å². The van der Waals surface area contributed by atoms with Crippen molar-refractivity contribution in [2.75, 3.05) is 13.2 Å². The van der Waals surface area contributed by atoms with Gasteiger partial charge < -0.3 is 9.47 Å². The Balaban J connectivity index is 2.94. The molecule has 0 aliphatic heterocycles. The summed E-state index contributed by atoms with van der Waals surface area (Å²) < 4.78 is 10.0. The summed E-state index contributed by atoms with van der Waals surface area (Å²) >= 11 is 0. The largest absolute Gasteiger partial charge is 0.466 e. The lowest BCUT2D eigenvalue weighted by molar-refractivity contribution is -0.167. The quantitative estimate of drug-likeness (QED) is 0.553. The highest BCUT2D eigenvalue weighted by atomic mass is 16.5. The first kappa shape index (κ1) is 16.7. The van der Waals surface area contributed by atoms with Gasteiger partial charge in [-0.05, 0) is 32.6 Å². The predicted molar refractivity (Wildman–Crippen MR) is 73.0 cm³/mol. The highest BCUT2D eigenvalue weighted by molar-refractivity contribution is 6.05. The zero-order chi connectivity index (χ0) is 15.2. The van der Waals surface area contributed by atoms with Gasteiger partial charge in [0.1, 0.15) is 11.2 Å². The van der Waals surface area contributed by atoms with E-state index < -0.39 is 17.3 Å². The van der Waals surface area contributed by atoms with Crippen molar-refractivity contribution in [3.63, 3.8) is 0 Å². The molecule has 0 unspecified atom stereocenters. The first-order chi connectivity index (χ1) is 9.48. The van der Waals surface area contributed by atoms with Gasteiger partial charge in [0.05, 0.1) is 13.2 Å². The molecule has 0 N–H and O–H groups in total. The average Bonchev–Trinajstić information content (AvgIpc) is 2.39. The number of Topliss-reactive ketones (excluding diaryl/α,β-unsaturated/α-hetero) is 1. The van der Waals surface area contributed by atoms with Crippen LogP contribution in [0.25, 0.3) is 0 Å². The molecular formula is C15H24O5. The summed E-state index contributed by atoms with van der Waals surface area (Å²) in [5.41, 5.74) is -1.17. The predicted octanol–water partition coefficient (Wildman–Crippen LogP) is 2.27. The van der Waals surface area contributed by atoms with E-state index >= 15 is 0 Å². The van der Waals surface area contributed by atoms with Crippen LogP contribution in [-0.2, 0) is 23.9 Å². The summed E-state index contributed by atoms with van der Waals surface area (Å²) in [5.74, 6) is -1.35. The highest BCUT2D eigenvalue weighted by Crippen LogP contribution is 2.42. The Kier molecular flexibility index (Phi) is 6.17.